The molecule has 0 spiro atoms. The van der Waals surface area contributed by atoms with Crippen LogP contribution in [0.2, 0.25) is 0 Å². The number of aliphatic hydroxyl groups excluding tert-OH is 1. The summed E-state index contributed by atoms with van der Waals surface area (Å²) in [6, 6.07) is 0. The van der Waals surface area contributed by atoms with Gasteiger partial charge in [-0.2, -0.15) is 0 Å². The van der Waals surface area contributed by atoms with Crippen LogP contribution in [0.25, 0.3) is 0 Å². The Bertz CT molecular complexity index is 102. The lowest BCUT2D eigenvalue weighted by atomic mass is 10.4. The molecule has 0 atom stereocenters. The Morgan fingerprint density at radius 1 is 1.67 bits per heavy atom. The Balaban J connectivity index is 3.07. The summed E-state index contributed by atoms with van der Waals surface area (Å²) in [5.41, 5.74) is 0. The average molecular weight is 131 g/mol. The summed E-state index contributed by atoms with van der Waals surface area (Å²) in [5.74, 6) is -0.636. The van der Waals surface area contributed by atoms with Crippen LogP contribution in [0.1, 0.15) is 6.42 Å². The molecule has 4 nitrogen and oxygen atoms in total. The SMILES string of the molecule is O=CC(=O)NCCCO. The number of aliphatic hydroxyl groups is 1. The van der Waals surface area contributed by atoms with Gasteiger partial charge in [0.2, 0.25) is 6.29 Å². The maximum Gasteiger partial charge on any atom is 0.284 e. The lowest BCUT2D eigenvalue weighted by Gasteiger charge is -1.95. The average Bonchev–Trinajstić information content (AvgIpc) is 1.89. The molecular weight excluding hydrogens is 122 g/mol. The molecule has 0 saturated heterocycles. The fourth-order valence-corrected chi connectivity index (χ4v) is 0.332. The molecule has 0 aliphatic heterocycles. The quantitative estimate of drug-likeness (QED) is 0.282. The second kappa shape index (κ2) is 5.24. The Labute approximate surface area is 52.9 Å². The summed E-state index contributed by atoms with van der Waals surface area (Å²) in [5, 5.41) is 10.5. The minimum absolute atomic E-state index is 0.0269. The second-order valence-corrected chi connectivity index (χ2v) is 1.49. The molecule has 0 aromatic carbocycles. The van der Waals surface area contributed by atoms with Crippen molar-refractivity contribution in [3.05, 3.63) is 0 Å². The molecule has 2 N–H and O–H groups in total. The Kier molecular flexibility index (Phi) is 4.72. The van der Waals surface area contributed by atoms with Gasteiger partial charge in [0.05, 0.1) is 0 Å². The molecule has 0 heterocycles. The van der Waals surface area contributed by atoms with E-state index in [1.807, 2.05) is 0 Å². The van der Waals surface area contributed by atoms with Gasteiger partial charge in [-0.15, -0.1) is 0 Å². The van der Waals surface area contributed by atoms with Crippen LogP contribution in [0, 0.1) is 0 Å². The van der Waals surface area contributed by atoms with Crippen LogP contribution in [-0.4, -0.2) is 30.5 Å². The van der Waals surface area contributed by atoms with Gasteiger partial charge in [0.25, 0.3) is 5.91 Å². The highest BCUT2D eigenvalue weighted by Crippen LogP contribution is 1.69. The molecule has 0 bridgehead atoms. The second-order valence-electron chi connectivity index (χ2n) is 1.49. The summed E-state index contributed by atoms with van der Waals surface area (Å²) >= 11 is 0. The van der Waals surface area contributed by atoms with Gasteiger partial charge in [0.15, 0.2) is 0 Å². The van der Waals surface area contributed by atoms with Gasteiger partial charge in [0, 0.05) is 13.2 Å². The summed E-state index contributed by atoms with van der Waals surface area (Å²) in [6.45, 7) is 0.382. The highest BCUT2D eigenvalue weighted by atomic mass is 16.3. The van der Waals surface area contributed by atoms with Crippen LogP contribution in [0.15, 0.2) is 0 Å². The molecular formula is C5H9NO3. The zero-order valence-electron chi connectivity index (χ0n) is 4.96. The lowest BCUT2D eigenvalue weighted by molar-refractivity contribution is -0.131. The van der Waals surface area contributed by atoms with Crippen molar-refractivity contribution in [3.8, 4) is 0 Å². The number of amides is 1. The van der Waals surface area contributed by atoms with Gasteiger partial charge >= 0.3 is 0 Å². The van der Waals surface area contributed by atoms with Crippen LogP contribution in [-0.2, 0) is 9.59 Å². The molecule has 0 aliphatic carbocycles. The fourth-order valence-electron chi connectivity index (χ4n) is 0.332. The van der Waals surface area contributed by atoms with Crippen LogP contribution in [0.4, 0.5) is 0 Å². The van der Waals surface area contributed by atoms with Crippen molar-refractivity contribution >= 4 is 12.2 Å². The minimum Gasteiger partial charge on any atom is -0.396 e. The first-order valence-corrected chi connectivity index (χ1v) is 2.65. The number of nitrogens with one attached hydrogen (secondary N) is 1. The maximum atomic E-state index is 10.1. The van der Waals surface area contributed by atoms with Gasteiger partial charge in [-0.3, -0.25) is 9.59 Å². The number of carbonyl (C=O) groups is 2. The molecule has 1 amide bonds. The van der Waals surface area contributed by atoms with Crippen LogP contribution < -0.4 is 5.32 Å². The number of hydrogen-bond donors (Lipinski definition) is 2. The third-order valence-electron chi connectivity index (χ3n) is 0.741. The van der Waals surface area contributed by atoms with E-state index in [2.05, 4.69) is 5.32 Å². The predicted octanol–water partition coefficient (Wildman–Crippen LogP) is -1.32. The minimum atomic E-state index is -0.636. The van der Waals surface area contributed by atoms with Gasteiger partial charge < -0.3 is 10.4 Å². The Hall–Kier alpha value is -0.900. The summed E-state index contributed by atoms with van der Waals surface area (Å²) < 4.78 is 0. The number of rotatable bonds is 4. The smallest absolute Gasteiger partial charge is 0.284 e. The topological polar surface area (TPSA) is 66.4 Å². The van der Waals surface area contributed by atoms with E-state index in [9.17, 15) is 9.59 Å². The highest BCUT2D eigenvalue weighted by Gasteiger charge is 1.93. The third-order valence-corrected chi connectivity index (χ3v) is 0.741. The molecule has 0 fully saturated rings. The van der Waals surface area contributed by atoms with Gasteiger partial charge in [-0.1, -0.05) is 0 Å². The van der Waals surface area contributed by atoms with Gasteiger partial charge in [-0.25, -0.2) is 0 Å². The van der Waals surface area contributed by atoms with E-state index >= 15 is 0 Å². The first kappa shape index (κ1) is 8.10. The van der Waals surface area contributed by atoms with E-state index < -0.39 is 5.91 Å². The van der Waals surface area contributed by atoms with Gasteiger partial charge in [-0.05, 0) is 6.42 Å². The first-order valence-electron chi connectivity index (χ1n) is 2.65. The molecule has 0 unspecified atom stereocenters. The number of hydrogen-bond acceptors (Lipinski definition) is 3. The molecule has 0 aliphatic rings. The number of carbonyl (C=O) groups excluding carboxylic acids is 2. The van der Waals surface area contributed by atoms with E-state index in [1.54, 1.807) is 0 Å². The Morgan fingerprint density at radius 2 is 2.33 bits per heavy atom. The van der Waals surface area contributed by atoms with E-state index in [4.69, 9.17) is 5.11 Å². The van der Waals surface area contributed by atoms with Crippen molar-refractivity contribution in [2.24, 2.45) is 0 Å². The van der Waals surface area contributed by atoms with E-state index in [0.717, 1.165) is 0 Å². The zero-order chi connectivity index (χ0) is 7.11. The van der Waals surface area contributed by atoms with E-state index in [1.165, 1.54) is 0 Å². The monoisotopic (exact) mass is 131 g/mol. The first-order chi connectivity index (χ1) is 4.31. The molecule has 0 aromatic rings. The molecule has 0 saturated carbocycles. The van der Waals surface area contributed by atoms with E-state index in [0.29, 0.717) is 13.0 Å². The highest BCUT2D eigenvalue weighted by molar-refractivity contribution is 6.23. The van der Waals surface area contributed by atoms with E-state index in [-0.39, 0.29) is 12.9 Å². The number of aldehydes is 1. The fraction of sp³-hybridized carbons (Fsp3) is 0.600. The molecule has 9 heavy (non-hydrogen) atoms. The van der Waals surface area contributed by atoms with Crippen molar-refractivity contribution in [1.82, 2.24) is 5.32 Å². The van der Waals surface area contributed by atoms with Crippen molar-refractivity contribution in [3.63, 3.8) is 0 Å². The summed E-state index contributed by atoms with van der Waals surface area (Å²) in [4.78, 5) is 19.8. The summed E-state index contributed by atoms with van der Waals surface area (Å²) in [6.07, 6.45) is 0.691. The molecule has 0 rings (SSSR count). The third kappa shape index (κ3) is 4.96. The molecule has 0 aromatic heterocycles. The van der Waals surface area contributed by atoms with Crippen LogP contribution in [0.3, 0.4) is 0 Å². The standard InChI is InChI=1S/C5H9NO3/c7-3-1-2-6-5(9)4-8/h4,7H,1-3H2,(H,6,9). The van der Waals surface area contributed by atoms with Crippen molar-refractivity contribution in [1.29, 1.82) is 0 Å². The lowest BCUT2D eigenvalue weighted by Crippen LogP contribution is -2.25. The molecule has 0 radical (unpaired) electrons. The van der Waals surface area contributed by atoms with Crippen molar-refractivity contribution < 1.29 is 14.7 Å². The Morgan fingerprint density at radius 3 is 2.78 bits per heavy atom. The molecule has 4 heteroatoms. The molecule has 52 valence electrons. The van der Waals surface area contributed by atoms with Crippen LogP contribution >= 0.6 is 0 Å². The summed E-state index contributed by atoms with van der Waals surface area (Å²) in [7, 11) is 0. The maximum absolute atomic E-state index is 10.1. The van der Waals surface area contributed by atoms with Gasteiger partial charge in [0.1, 0.15) is 0 Å². The normalized spacial score (nSPS) is 8.56. The predicted molar refractivity (Wildman–Crippen MR) is 30.8 cm³/mol. The van der Waals surface area contributed by atoms with Crippen LogP contribution in [0.5, 0.6) is 0 Å². The largest absolute Gasteiger partial charge is 0.396 e. The van der Waals surface area contributed by atoms with Crippen molar-refractivity contribution in [2.75, 3.05) is 13.2 Å². The zero-order valence-corrected chi connectivity index (χ0v) is 4.96. The van der Waals surface area contributed by atoms with Crippen molar-refractivity contribution in [2.45, 2.75) is 6.42 Å².